The van der Waals surface area contributed by atoms with E-state index in [-0.39, 0.29) is 39.6 Å². The van der Waals surface area contributed by atoms with Crippen molar-refractivity contribution in [2.45, 2.75) is 94.4 Å². The highest BCUT2D eigenvalue weighted by molar-refractivity contribution is 5.63. The number of rotatable bonds is 20. The number of hydrogen-bond donors (Lipinski definition) is 0. The second kappa shape index (κ2) is 21.7. The van der Waals surface area contributed by atoms with E-state index in [4.69, 9.17) is 52.1 Å². The van der Waals surface area contributed by atoms with Crippen molar-refractivity contribution in [1.82, 2.24) is 0 Å². The Bertz CT molecular complexity index is 2030. The largest absolute Gasteiger partial charge is 0.509 e. The lowest BCUT2D eigenvalue weighted by molar-refractivity contribution is -0.338. The van der Waals surface area contributed by atoms with Crippen molar-refractivity contribution in [1.29, 1.82) is 0 Å². The summed E-state index contributed by atoms with van der Waals surface area (Å²) >= 11 is 0. The summed E-state index contributed by atoms with van der Waals surface area (Å²) in [6.45, 7) is 1.49. The summed E-state index contributed by atoms with van der Waals surface area (Å²) in [7, 11) is 1.57. The smallest absolute Gasteiger partial charge is 0.424 e. The van der Waals surface area contributed by atoms with Crippen LogP contribution in [0.5, 0.6) is 0 Å². The van der Waals surface area contributed by atoms with Gasteiger partial charge in [0.1, 0.15) is 36.6 Å². The molecule has 61 heavy (non-hydrogen) atoms. The first kappa shape index (κ1) is 42.7. The zero-order valence-corrected chi connectivity index (χ0v) is 34.1. The average Bonchev–Trinajstić information content (AvgIpc) is 3.71. The highest BCUT2D eigenvalue weighted by atomic mass is 16.8. The molecule has 3 aliphatic rings. The molecule has 0 bridgehead atoms. The lowest BCUT2D eigenvalue weighted by Gasteiger charge is -2.46. The number of benzene rings is 5. The summed E-state index contributed by atoms with van der Waals surface area (Å²) in [5.74, 6) is 0. The minimum absolute atomic E-state index is 0.0610. The number of carbonyl (C=O) groups excluding carboxylic acids is 1. The van der Waals surface area contributed by atoms with Gasteiger partial charge in [-0.1, -0.05) is 152 Å². The van der Waals surface area contributed by atoms with Crippen LogP contribution >= 0.6 is 0 Å². The van der Waals surface area contributed by atoms with Crippen LogP contribution < -0.4 is 0 Å². The molecule has 12 heteroatoms. The maximum atomic E-state index is 12.8. The first-order valence-corrected chi connectivity index (χ1v) is 20.7. The monoisotopic (exact) mass is 832 g/mol. The van der Waals surface area contributed by atoms with Gasteiger partial charge in [0.2, 0.25) is 0 Å². The molecule has 5 aromatic carbocycles. The van der Waals surface area contributed by atoms with Crippen LogP contribution in [0.3, 0.4) is 0 Å². The van der Waals surface area contributed by atoms with Crippen molar-refractivity contribution in [2.24, 2.45) is 0 Å². The van der Waals surface area contributed by atoms with E-state index in [9.17, 15) is 4.79 Å². The number of hydrogen-bond acceptors (Lipinski definition) is 12. The Balaban J connectivity index is 1.04. The summed E-state index contributed by atoms with van der Waals surface area (Å²) < 4.78 is 70.1. The standard InChI is InChI=1S/C49H52O12/c1-51-47-45(56-31-38-25-15-6-16-26-38)43(55-30-37-23-13-5-14-24-37)41(53-28-35-19-9-3-10-20-35)40(58-47)33-57-48-46-44(60-49(50)61-46)42(54-29-36-21-11-4-12-22-36)39(59-48)32-52-27-34-17-7-2-8-18-34/h2-26,39-48H,27-33H2,1H3/t39-,40-,41-,42+,43+,44+,45-,46-,47+,48+/m1/s1. The Morgan fingerprint density at radius 1 is 0.410 bits per heavy atom. The normalized spacial score (nSPS) is 27.2. The maximum Gasteiger partial charge on any atom is 0.509 e. The molecule has 12 nitrogen and oxygen atoms in total. The molecule has 0 radical (unpaired) electrons. The lowest BCUT2D eigenvalue weighted by atomic mass is 9.97. The molecule has 0 aromatic heterocycles. The van der Waals surface area contributed by atoms with Gasteiger partial charge in [-0.3, -0.25) is 0 Å². The van der Waals surface area contributed by atoms with Gasteiger partial charge in [-0.25, -0.2) is 4.79 Å². The molecule has 0 spiro atoms. The van der Waals surface area contributed by atoms with E-state index in [0.29, 0.717) is 6.61 Å². The Morgan fingerprint density at radius 2 is 0.803 bits per heavy atom. The first-order valence-electron chi connectivity index (χ1n) is 20.7. The summed E-state index contributed by atoms with van der Waals surface area (Å²) in [5, 5.41) is 0. The third kappa shape index (κ3) is 11.5. The predicted octanol–water partition coefficient (Wildman–Crippen LogP) is 7.56. The quantitative estimate of drug-likeness (QED) is 0.0721. The van der Waals surface area contributed by atoms with Crippen LogP contribution in [-0.4, -0.2) is 87.9 Å². The summed E-state index contributed by atoms with van der Waals surface area (Å²) in [6, 6.07) is 49.3. The first-order chi connectivity index (χ1) is 30.1. The third-order valence-electron chi connectivity index (χ3n) is 10.8. The zero-order valence-electron chi connectivity index (χ0n) is 34.1. The van der Waals surface area contributed by atoms with Gasteiger partial charge in [-0.05, 0) is 27.8 Å². The Hall–Kier alpha value is -4.99. The second-order valence-corrected chi connectivity index (χ2v) is 15.1. The molecule has 0 unspecified atom stereocenters. The molecular weight excluding hydrogens is 781 g/mol. The van der Waals surface area contributed by atoms with Gasteiger partial charge in [0.25, 0.3) is 0 Å². The van der Waals surface area contributed by atoms with Crippen LogP contribution in [0.25, 0.3) is 0 Å². The fourth-order valence-electron chi connectivity index (χ4n) is 7.75. The van der Waals surface area contributed by atoms with Gasteiger partial charge in [0.05, 0.1) is 46.2 Å². The van der Waals surface area contributed by atoms with Crippen LogP contribution in [0.2, 0.25) is 0 Å². The van der Waals surface area contributed by atoms with Gasteiger partial charge in [0, 0.05) is 7.11 Å². The van der Waals surface area contributed by atoms with Gasteiger partial charge >= 0.3 is 6.16 Å². The molecule has 10 atom stereocenters. The van der Waals surface area contributed by atoms with E-state index in [2.05, 4.69) is 0 Å². The molecule has 0 N–H and O–H groups in total. The molecule has 0 saturated carbocycles. The summed E-state index contributed by atoms with van der Waals surface area (Å²) in [5.41, 5.74) is 4.88. The number of carbonyl (C=O) groups is 1. The van der Waals surface area contributed by atoms with E-state index in [1.165, 1.54) is 0 Å². The van der Waals surface area contributed by atoms with Crippen LogP contribution in [0.15, 0.2) is 152 Å². The van der Waals surface area contributed by atoms with E-state index in [1.54, 1.807) is 7.11 Å². The molecule has 5 aromatic rings. The summed E-state index contributed by atoms with van der Waals surface area (Å²) in [6.07, 6.45) is -8.84. The maximum absolute atomic E-state index is 12.8. The lowest BCUT2D eigenvalue weighted by Crippen LogP contribution is -2.63. The van der Waals surface area contributed by atoms with Crippen LogP contribution in [0.1, 0.15) is 27.8 Å². The molecule has 0 amide bonds. The van der Waals surface area contributed by atoms with Gasteiger partial charge in [-0.2, -0.15) is 0 Å². The van der Waals surface area contributed by atoms with Crippen molar-refractivity contribution in [3.8, 4) is 0 Å². The molecule has 3 fully saturated rings. The third-order valence-corrected chi connectivity index (χ3v) is 10.8. The molecular formula is C49H52O12. The van der Waals surface area contributed by atoms with Crippen LogP contribution in [0, 0.1) is 0 Å². The zero-order chi connectivity index (χ0) is 41.6. The van der Waals surface area contributed by atoms with Crippen LogP contribution in [0.4, 0.5) is 4.79 Å². The van der Waals surface area contributed by atoms with Crippen molar-refractivity contribution in [2.75, 3.05) is 20.3 Å². The second-order valence-electron chi connectivity index (χ2n) is 15.1. The van der Waals surface area contributed by atoms with E-state index in [0.717, 1.165) is 27.8 Å². The van der Waals surface area contributed by atoms with E-state index in [1.807, 2.05) is 152 Å². The predicted molar refractivity (Wildman–Crippen MR) is 222 cm³/mol. The van der Waals surface area contributed by atoms with E-state index < -0.39 is 67.6 Å². The number of fused-ring (bicyclic) bond motifs is 1. The minimum Gasteiger partial charge on any atom is -0.424 e. The van der Waals surface area contributed by atoms with Gasteiger partial charge < -0.3 is 52.1 Å². The van der Waals surface area contributed by atoms with Crippen LogP contribution in [-0.2, 0) is 85.1 Å². The highest BCUT2D eigenvalue weighted by Gasteiger charge is 2.56. The van der Waals surface area contributed by atoms with Crippen molar-refractivity contribution >= 4 is 6.16 Å². The molecule has 8 rings (SSSR count). The average molecular weight is 833 g/mol. The van der Waals surface area contributed by atoms with Crippen molar-refractivity contribution < 1.29 is 56.9 Å². The van der Waals surface area contributed by atoms with Gasteiger partial charge in [-0.15, -0.1) is 0 Å². The van der Waals surface area contributed by atoms with Gasteiger partial charge in [0.15, 0.2) is 24.8 Å². The molecule has 3 saturated heterocycles. The summed E-state index contributed by atoms with van der Waals surface area (Å²) in [4.78, 5) is 12.8. The topological polar surface area (TPSA) is 119 Å². The molecule has 0 aliphatic carbocycles. The van der Waals surface area contributed by atoms with E-state index >= 15 is 0 Å². The Labute approximate surface area is 356 Å². The Morgan fingerprint density at radius 3 is 1.30 bits per heavy atom. The van der Waals surface area contributed by atoms with Crippen molar-refractivity contribution in [3.05, 3.63) is 179 Å². The SMILES string of the molecule is CO[C@H]1O[C@H](CO[C@H]2O[C@H](COCc3ccccc3)[C@H](OCc3ccccc3)[C@@H]3OC(=O)O[C@@H]23)[C@@H](OCc2ccccc2)[C@H](OCc2ccccc2)[C@H]1OCc1ccccc1. The van der Waals surface area contributed by atoms with Crippen molar-refractivity contribution in [3.63, 3.8) is 0 Å². The highest BCUT2D eigenvalue weighted by Crippen LogP contribution is 2.36. The minimum atomic E-state index is -1.08. The molecule has 3 aliphatic heterocycles. The molecule has 320 valence electrons. The number of methoxy groups -OCH3 is 1. The molecule has 3 heterocycles. The number of ether oxygens (including phenoxy) is 11. The fraction of sp³-hybridized carbons (Fsp3) is 0.367. The Kier molecular flexibility index (Phi) is 15.2. The fourth-order valence-corrected chi connectivity index (χ4v) is 7.75.